The number of benzene rings is 1. The highest BCUT2D eigenvalue weighted by molar-refractivity contribution is 8.26. The lowest BCUT2D eigenvalue weighted by atomic mass is 10.1. The van der Waals surface area contributed by atoms with Crippen LogP contribution in [-0.2, 0) is 4.79 Å². The van der Waals surface area contributed by atoms with Crippen LogP contribution in [0.25, 0.3) is 17.4 Å². The fraction of sp³-hybridized carbons (Fsp3) is 0.304. The molecule has 0 aliphatic carbocycles. The summed E-state index contributed by atoms with van der Waals surface area (Å²) in [5.74, 6) is -0.201. The van der Waals surface area contributed by atoms with Crippen LogP contribution in [-0.4, -0.2) is 27.0 Å². The Bertz CT molecular complexity index is 1150. The van der Waals surface area contributed by atoms with Crippen molar-refractivity contribution in [2.24, 2.45) is 10.1 Å². The number of nitrogens with zero attached hydrogens (tertiary/aromatic N) is 3. The zero-order valence-corrected chi connectivity index (χ0v) is 19.1. The van der Waals surface area contributed by atoms with E-state index in [1.165, 1.54) is 54.2 Å². The summed E-state index contributed by atoms with van der Waals surface area (Å²) in [6.45, 7) is 2.18. The Hall–Kier alpha value is -2.71. The summed E-state index contributed by atoms with van der Waals surface area (Å²) in [7, 11) is 0. The Morgan fingerprint density at radius 1 is 1.22 bits per heavy atom. The van der Waals surface area contributed by atoms with Crippen LogP contribution in [0, 0.1) is 11.2 Å². The first-order valence-electron chi connectivity index (χ1n) is 10.5. The molecule has 0 saturated carbocycles. The zero-order chi connectivity index (χ0) is 22.7. The van der Waals surface area contributed by atoms with Crippen LogP contribution < -0.4 is 0 Å². The standard InChI is InChI=1S/C23H22ClFN4O2S/c1-2-3-4-5-6-7-20-28-29-21(26)16(22(30)27-23(29)32-20)13-15-9-11-19(31-15)14-8-10-18(25)17(24)12-14/h8-13,26H,2-7H2,1H3/b16-13-,26-21?. The summed E-state index contributed by atoms with van der Waals surface area (Å²) < 4.78 is 19.2. The summed E-state index contributed by atoms with van der Waals surface area (Å²) in [5.41, 5.74) is 0.705. The van der Waals surface area contributed by atoms with E-state index in [4.69, 9.17) is 21.4 Å². The van der Waals surface area contributed by atoms with Crippen LogP contribution in [0.4, 0.5) is 4.39 Å². The third kappa shape index (κ3) is 4.86. The highest BCUT2D eigenvalue weighted by Gasteiger charge is 2.35. The van der Waals surface area contributed by atoms with Crippen LogP contribution in [0.5, 0.6) is 0 Å². The van der Waals surface area contributed by atoms with Crippen molar-refractivity contribution in [3.63, 3.8) is 0 Å². The topological polar surface area (TPSA) is 82.0 Å². The molecule has 32 heavy (non-hydrogen) atoms. The van der Waals surface area contributed by atoms with E-state index in [2.05, 4.69) is 17.0 Å². The first-order chi connectivity index (χ1) is 15.5. The van der Waals surface area contributed by atoms with E-state index in [0.29, 0.717) is 22.3 Å². The number of amides is 1. The molecule has 9 heteroatoms. The molecule has 0 spiro atoms. The number of hydrazone groups is 1. The number of hydrogen-bond donors (Lipinski definition) is 1. The number of aliphatic imine (C=N–C) groups is 1. The fourth-order valence-corrected chi connectivity index (χ4v) is 4.50. The quantitative estimate of drug-likeness (QED) is 0.341. The van der Waals surface area contributed by atoms with Gasteiger partial charge in [-0.2, -0.15) is 15.1 Å². The number of furan rings is 1. The molecule has 0 radical (unpaired) electrons. The van der Waals surface area contributed by atoms with E-state index in [9.17, 15) is 9.18 Å². The van der Waals surface area contributed by atoms with Gasteiger partial charge in [0, 0.05) is 5.56 Å². The summed E-state index contributed by atoms with van der Waals surface area (Å²) in [4.78, 5) is 16.7. The summed E-state index contributed by atoms with van der Waals surface area (Å²) in [6.07, 6.45) is 8.09. The molecule has 0 fully saturated rings. The fourth-order valence-electron chi connectivity index (χ4n) is 3.39. The van der Waals surface area contributed by atoms with E-state index < -0.39 is 11.7 Å². The average molecular weight is 473 g/mol. The van der Waals surface area contributed by atoms with E-state index >= 15 is 0 Å². The van der Waals surface area contributed by atoms with Crippen molar-refractivity contribution in [3.05, 3.63) is 52.5 Å². The number of hydrogen-bond acceptors (Lipinski definition) is 5. The molecule has 166 valence electrons. The molecule has 4 rings (SSSR count). The number of carbonyl (C=O) groups is 1. The van der Waals surface area contributed by atoms with Crippen LogP contribution in [0.1, 0.15) is 51.2 Å². The van der Waals surface area contributed by atoms with Crippen LogP contribution in [0.2, 0.25) is 5.02 Å². The van der Waals surface area contributed by atoms with Crippen LogP contribution in [0.15, 0.2) is 50.4 Å². The highest BCUT2D eigenvalue weighted by atomic mass is 35.5. The molecule has 0 atom stereocenters. The lowest BCUT2D eigenvalue weighted by Gasteiger charge is -2.19. The van der Waals surface area contributed by atoms with E-state index in [1.54, 1.807) is 18.2 Å². The second-order valence-electron chi connectivity index (χ2n) is 7.51. The van der Waals surface area contributed by atoms with E-state index in [0.717, 1.165) is 24.3 Å². The lowest BCUT2D eigenvalue weighted by molar-refractivity contribution is -0.114. The third-order valence-electron chi connectivity index (χ3n) is 5.11. The molecule has 6 nitrogen and oxygen atoms in total. The average Bonchev–Trinajstić information content (AvgIpc) is 3.40. The molecule has 1 aromatic carbocycles. The molecule has 3 heterocycles. The number of unbranched alkanes of at least 4 members (excludes halogenated alkanes) is 4. The molecule has 0 unspecified atom stereocenters. The normalized spacial score (nSPS) is 17.1. The highest BCUT2D eigenvalue weighted by Crippen LogP contribution is 2.31. The van der Waals surface area contributed by atoms with Gasteiger partial charge in [-0.3, -0.25) is 10.2 Å². The second-order valence-corrected chi connectivity index (χ2v) is 8.96. The van der Waals surface area contributed by atoms with Gasteiger partial charge < -0.3 is 4.42 Å². The van der Waals surface area contributed by atoms with Crippen molar-refractivity contribution in [1.82, 2.24) is 5.01 Å². The predicted octanol–water partition coefficient (Wildman–Crippen LogP) is 6.72. The molecule has 0 saturated heterocycles. The number of amidine groups is 2. The minimum Gasteiger partial charge on any atom is -0.457 e. The molecule has 1 aromatic heterocycles. The van der Waals surface area contributed by atoms with Gasteiger partial charge in [0.2, 0.25) is 5.17 Å². The number of carbonyl (C=O) groups excluding carboxylic acids is 1. The zero-order valence-electron chi connectivity index (χ0n) is 17.5. The van der Waals surface area contributed by atoms with Crippen molar-refractivity contribution in [2.75, 3.05) is 0 Å². The van der Waals surface area contributed by atoms with Crippen molar-refractivity contribution in [1.29, 1.82) is 5.41 Å². The SMILES string of the molecule is CCCCCCCC1=NN2C(=N)/C(=C/c3ccc(-c4ccc(F)c(Cl)c4)o3)C(=O)N=C2S1. The first-order valence-corrected chi connectivity index (χ1v) is 11.7. The number of rotatable bonds is 8. The molecular formula is C23H22ClFN4O2S. The lowest BCUT2D eigenvalue weighted by Crippen LogP contribution is -2.35. The maximum atomic E-state index is 13.4. The van der Waals surface area contributed by atoms with Crippen molar-refractivity contribution in [2.45, 2.75) is 45.4 Å². The molecule has 1 N–H and O–H groups in total. The maximum Gasteiger partial charge on any atom is 0.283 e. The molecular weight excluding hydrogens is 451 g/mol. The van der Waals surface area contributed by atoms with Gasteiger partial charge in [-0.1, -0.05) is 44.2 Å². The van der Waals surface area contributed by atoms with E-state index in [1.807, 2.05) is 0 Å². The molecule has 2 aromatic rings. The maximum absolute atomic E-state index is 13.4. The van der Waals surface area contributed by atoms with Crippen LogP contribution >= 0.6 is 23.4 Å². The number of fused-ring (bicyclic) bond motifs is 1. The number of halogens is 2. The Balaban J connectivity index is 1.48. The van der Waals surface area contributed by atoms with Gasteiger partial charge in [-0.25, -0.2) is 4.39 Å². The Morgan fingerprint density at radius 2 is 2.03 bits per heavy atom. The van der Waals surface area contributed by atoms with Crippen molar-refractivity contribution >= 4 is 51.4 Å². The smallest absolute Gasteiger partial charge is 0.283 e. The second kappa shape index (κ2) is 9.83. The Kier molecular flexibility index (Phi) is 6.91. The molecule has 1 amide bonds. The number of thioether (sulfide) groups is 1. The Labute approximate surface area is 194 Å². The monoisotopic (exact) mass is 472 g/mol. The van der Waals surface area contributed by atoms with Gasteiger partial charge in [0.15, 0.2) is 5.84 Å². The summed E-state index contributed by atoms with van der Waals surface area (Å²) >= 11 is 7.19. The van der Waals surface area contributed by atoms with E-state index in [-0.39, 0.29) is 16.4 Å². The van der Waals surface area contributed by atoms with Crippen LogP contribution in [0.3, 0.4) is 0 Å². The van der Waals surface area contributed by atoms with Crippen molar-refractivity contribution in [3.8, 4) is 11.3 Å². The van der Waals surface area contributed by atoms with Gasteiger partial charge in [0.1, 0.15) is 22.4 Å². The van der Waals surface area contributed by atoms with Gasteiger partial charge >= 0.3 is 0 Å². The van der Waals surface area contributed by atoms with Gasteiger partial charge in [-0.05, 0) is 61.0 Å². The molecule has 0 bridgehead atoms. The molecule has 2 aliphatic rings. The van der Waals surface area contributed by atoms with Gasteiger partial charge in [0.25, 0.3) is 5.91 Å². The third-order valence-corrected chi connectivity index (χ3v) is 6.37. The number of nitrogens with one attached hydrogen (secondary N) is 1. The van der Waals surface area contributed by atoms with Gasteiger partial charge in [0.05, 0.1) is 10.6 Å². The van der Waals surface area contributed by atoms with Crippen molar-refractivity contribution < 1.29 is 13.6 Å². The minimum absolute atomic E-state index is 0.00419. The largest absolute Gasteiger partial charge is 0.457 e. The summed E-state index contributed by atoms with van der Waals surface area (Å²) in [5, 5.41) is 15.6. The summed E-state index contributed by atoms with van der Waals surface area (Å²) in [6, 6.07) is 7.66. The van der Waals surface area contributed by atoms with Gasteiger partial charge in [-0.15, -0.1) is 0 Å². The Morgan fingerprint density at radius 3 is 2.81 bits per heavy atom. The minimum atomic E-state index is -0.511. The molecule has 2 aliphatic heterocycles. The predicted molar refractivity (Wildman–Crippen MR) is 127 cm³/mol. The first kappa shape index (κ1) is 22.5.